The van der Waals surface area contributed by atoms with Gasteiger partial charge in [-0.25, -0.2) is 9.67 Å². The highest BCUT2D eigenvalue weighted by atomic mass is 16.2. The largest absolute Gasteiger partial charge is 0.342 e. The number of hydrogen-bond acceptors (Lipinski definition) is 4. The van der Waals surface area contributed by atoms with Crippen LogP contribution in [0.15, 0.2) is 23.4 Å². The lowest BCUT2D eigenvalue weighted by atomic mass is 10.1. The summed E-state index contributed by atoms with van der Waals surface area (Å²) in [4.78, 5) is 29.6. The average molecular weight is 345 g/mol. The second kappa shape index (κ2) is 8.09. The standard InChI is InChI=1S/C18H27N5O2/c1-6-23-16(19-11-20-23)14(5)21-17(24)15-13(4)8-10-22(18(15)25)9-7-12(2)3/h8,10-12,14H,6-7,9H2,1-5H3,(H,21,24). The number of pyridine rings is 1. The molecular weight excluding hydrogens is 318 g/mol. The van der Waals surface area contributed by atoms with Crippen molar-refractivity contribution in [2.24, 2.45) is 5.92 Å². The first-order valence-electron chi connectivity index (χ1n) is 8.73. The summed E-state index contributed by atoms with van der Waals surface area (Å²) in [6.07, 6.45) is 4.11. The number of rotatable bonds is 7. The van der Waals surface area contributed by atoms with Crippen molar-refractivity contribution in [1.82, 2.24) is 24.6 Å². The Morgan fingerprint density at radius 2 is 2.04 bits per heavy atom. The molecule has 0 aliphatic rings. The maximum atomic E-state index is 12.7. The molecule has 136 valence electrons. The minimum Gasteiger partial charge on any atom is -0.342 e. The first-order chi connectivity index (χ1) is 11.8. The zero-order chi connectivity index (χ0) is 18.6. The third-order valence-electron chi connectivity index (χ3n) is 4.23. The van der Waals surface area contributed by atoms with Crippen LogP contribution < -0.4 is 10.9 Å². The number of aryl methyl sites for hydroxylation is 3. The average Bonchev–Trinajstić information content (AvgIpc) is 3.02. The van der Waals surface area contributed by atoms with Crippen molar-refractivity contribution in [2.45, 2.75) is 60.2 Å². The molecule has 7 nitrogen and oxygen atoms in total. The summed E-state index contributed by atoms with van der Waals surface area (Å²) in [5, 5.41) is 6.99. The van der Waals surface area contributed by atoms with Gasteiger partial charge in [0.2, 0.25) is 0 Å². The van der Waals surface area contributed by atoms with E-state index in [1.807, 2.05) is 19.9 Å². The topological polar surface area (TPSA) is 81.8 Å². The molecule has 1 unspecified atom stereocenters. The van der Waals surface area contributed by atoms with Crippen LogP contribution in [0.25, 0.3) is 0 Å². The van der Waals surface area contributed by atoms with Gasteiger partial charge < -0.3 is 9.88 Å². The van der Waals surface area contributed by atoms with Crippen molar-refractivity contribution in [1.29, 1.82) is 0 Å². The number of aromatic nitrogens is 4. The van der Waals surface area contributed by atoms with Gasteiger partial charge in [0.15, 0.2) is 0 Å². The van der Waals surface area contributed by atoms with E-state index in [9.17, 15) is 9.59 Å². The van der Waals surface area contributed by atoms with Crippen LogP contribution in [0.1, 0.15) is 61.9 Å². The SMILES string of the molecule is CCn1ncnc1C(C)NC(=O)c1c(C)ccn(CCC(C)C)c1=O. The normalized spacial score (nSPS) is 12.4. The molecular formula is C18H27N5O2. The van der Waals surface area contributed by atoms with Crippen LogP contribution in [0.4, 0.5) is 0 Å². The number of amides is 1. The molecule has 1 amide bonds. The van der Waals surface area contributed by atoms with Crippen LogP contribution in [0.2, 0.25) is 0 Å². The fraction of sp³-hybridized carbons (Fsp3) is 0.556. The Bertz CT molecular complexity index is 791. The van der Waals surface area contributed by atoms with Gasteiger partial charge in [0.1, 0.15) is 17.7 Å². The zero-order valence-electron chi connectivity index (χ0n) is 15.6. The summed E-state index contributed by atoms with van der Waals surface area (Å²) >= 11 is 0. The third kappa shape index (κ3) is 4.35. The zero-order valence-corrected chi connectivity index (χ0v) is 15.6. The minimum absolute atomic E-state index is 0.195. The molecule has 0 spiro atoms. The van der Waals surface area contributed by atoms with Crippen LogP contribution in [0, 0.1) is 12.8 Å². The second-order valence-electron chi connectivity index (χ2n) is 6.68. The molecule has 0 fully saturated rings. The van der Waals surface area contributed by atoms with Crippen LogP contribution >= 0.6 is 0 Å². The monoisotopic (exact) mass is 345 g/mol. The van der Waals surface area contributed by atoms with E-state index < -0.39 is 0 Å². The van der Waals surface area contributed by atoms with E-state index in [2.05, 4.69) is 29.2 Å². The molecule has 0 aromatic carbocycles. The Kier molecular flexibility index (Phi) is 6.12. The smallest absolute Gasteiger partial charge is 0.263 e. The molecule has 2 heterocycles. The van der Waals surface area contributed by atoms with E-state index in [0.717, 1.165) is 6.42 Å². The van der Waals surface area contributed by atoms with Gasteiger partial charge in [-0.15, -0.1) is 0 Å². The lowest BCUT2D eigenvalue weighted by Gasteiger charge is -2.16. The molecule has 0 radical (unpaired) electrons. The third-order valence-corrected chi connectivity index (χ3v) is 4.23. The Balaban J connectivity index is 2.23. The summed E-state index contributed by atoms with van der Waals surface area (Å²) in [5.74, 6) is 0.787. The molecule has 0 saturated carbocycles. The molecule has 0 saturated heterocycles. The quantitative estimate of drug-likeness (QED) is 0.835. The summed E-state index contributed by atoms with van der Waals surface area (Å²) in [6.45, 7) is 11.1. The van der Waals surface area contributed by atoms with Crippen LogP contribution in [0.3, 0.4) is 0 Å². The van der Waals surface area contributed by atoms with Gasteiger partial charge >= 0.3 is 0 Å². The van der Waals surface area contributed by atoms with Crippen molar-refractivity contribution in [2.75, 3.05) is 0 Å². The number of carbonyl (C=O) groups is 1. The number of nitrogens with one attached hydrogen (secondary N) is 1. The summed E-state index contributed by atoms with van der Waals surface area (Å²) in [5.41, 5.74) is 0.621. The Morgan fingerprint density at radius 3 is 2.68 bits per heavy atom. The second-order valence-corrected chi connectivity index (χ2v) is 6.68. The minimum atomic E-state index is -0.375. The molecule has 25 heavy (non-hydrogen) atoms. The van der Waals surface area contributed by atoms with Crippen molar-refractivity contribution < 1.29 is 4.79 Å². The number of carbonyl (C=O) groups excluding carboxylic acids is 1. The van der Waals surface area contributed by atoms with Crippen molar-refractivity contribution in [3.05, 3.63) is 45.9 Å². The number of hydrogen-bond donors (Lipinski definition) is 1. The van der Waals surface area contributed by atoms with E-state index >= 15 is 0 Å². The first kappa shape index (κ1) is 18.9. The van der Waals surface area contributed by atoms with Gasteiger partial charge in [0.25, 0.3) is 11.5 Å². The van der Waals surface area contributed by atoms with E-state index in [4.69, 9.17) is 0 Å². The Morgan fingerprint density at radius 1 is 1.32 bits per heavy atom. The van der Waals surface area contributed by atoms with Gasteiger partial charge in [-0.3, -0.25) is 9.59 Å². The highest BCUT2D eigenvalue weighted by Crippen LogP contribution is 2.11. The van der Waals surface area contributed by atoms with Gasteiger partial charge in [-0.2, -0.15) is 5.10 Å². The maximum absolute atomic E-state index is 12.7. The van der Waals surface area contributed by atoms with Crippen LogP contribution in [0.5, 0.6) is 0 Å². The lowest BCUT2D eigenvalue weighted by molar-refractivity contribution is 0.0934. The highest BCUT2D eigenvalue weighted by molar-refractivity contribution is 5.95. The lowest BCUT2D eigenvalue weighted by Crippen LogP contribution is -2.36. The Labute approximate surface area is 148 Å². The molecule has 0 aliphatic heterocycles. The first-order valence-corrected chi connectivity index (χ1v) is 8.73. The number of nitrogens with zero attached hydrogens (tertiary/aromatic N) is 4. The molecule has 7 heteroatoms. The molecule has 1 atom stereocenters. The predicted molar refractivity (Wildman–Crippen MR) is 96.5 cm³/mol. The van der Waals surface area contributed by atoms with Crippen molar-refractivity contribution in [3.63, 3.8) is 0 Å². The van der Waals surface area contributed by atoms with Gasteiger partial charge in [-0.05, 0) is 44.7 Å². The van der Waals surface area contributed by atoms with Crippen LogP contribution in [-0.2, 0) is 13.1 Å². The van der Waals surface area contributed by atoms with Crippen molar-refractivity contribution in [3.8, 4) is 0 Å². The molecule has 2 rings (SSSR count). The maximum Gasteiger partial charge on any atom is 0.263 e. The van der Waals surface area contributed by atoms with Crippen LogP contribution in [-0.4, -0.2) is 25.2 Å². The van der Waals surface area contributed by atoms with E-state index in [0.29, 0.717) is 30.4 Å². The molecule has 2 aromatic heterocycles. The van der Waals surface area contributed by atoms with Crippen molar-refractivity contribution >= 4 is 5.91 Å². The Hall–Kier alpha value is -2.44. The van der Waals surface area contributed by atoms with E-state index in [1.54, 1.807) is 22.4 Å². The van der Waals surface area contributed by atoms with E-state index in [1.165, 1.54) is 6.33 Å². The summed E-state index contributed by atoms with van der Waals surface area (Å²) in [7, 11) is 0. The van der Waals surface area contributed by atoms with Gasteiger partial charge in [0, 0.05) is 19.3 Å². The highest BCUT2D eigenvalue weighted by Gasteiger charge is 2.20. The fourth-order valence-electron chi connectivity index (χ4n) is 2.70. The summed E-state index contributed by atoms with van der Waals surface area (Å²) in [6, 6.07) is 1.48. The van der Waals surface area contributed by atoms with Gasteiger partial charge in [0.05, 0.1) is 6.04 Å². The molecule has 1 N–H and O–H groups in total. The molecule has 2 aromatic rings. The molecule has 0 aliphatic carbocycles. The fourth-order valence-corrected chi connectivity index (χ4v) is 2.70. The summed E-state index contributed by atoms with van der Waals surface area (Å²) < 4.78 is 3.34. The van der Waals surface area contributed by atoms with Gasteiger partial charge in [-0.1, -0.05) is 13.8 Å². The predicted octanol–water partition coefficient (Wildman–Crippen LogP) is 2.31. The molecule has 0 bridgehead atoms. The van der Waals surface area contributed by atoms with E-state index in [-0.39, 0.29) is 23.1 Å².